The van der Waals surface area contributed by atoms with Crippen molar-refractivity contribution in [2.45, 2.75) is 19.4 Å². The first kappa shape index (κ1) is 9.99. The molecule has 0 bridgehead atoms. The number of nitrogens with two attached hydrogens (primary N) is 1. The largest absolute Gasteiger partial charge is 0.338 e. The molecule has 0 aromatic heterocycles. The Hall–Kier alpha value is -1.09. The van der Waals surface area contributed by atoms with Crippen molar-refractivity contribution in [1.82, 2.24) is 4.90 Å². The molecule has 3 heteroatoms. The SMILES string of the molecule is C/C=C/C=CC(=O)N1CC[C@H](N)C1. The van der Waals surface area contributed by atoms with Crippen molar-refractivity contribution in [2.75, 3.05) is 13.1 Å². The molecule has 0 aromatic rings. The third-order valence-corrected chi connectivity index (χ3v) is 2.08. The van der Waals surface area contributed by atoms with Crippen LogP contribution in [0.25, 0.3) is 0 Å². The summed E-state index contributed by atoms with van der Waals surface area (Å²) in [5, 5.41) is 0. The van der Waals surface area contributed by atoms with E-state index in [4.69, 9.17) is 5.73 Å². The maximum absolute atomic E-state index is 11.4. The van der Waals surface area contributed by atoms with E-state index >= 15 is 0 Å². The van der Waals surface area contributed by atoms with Crippen molar-refractivity contribution >= 4 is 5.91 Å². The summed E-state index contributed by atoms with van der Waals surface area (Å²) in [5.74, 6) is 0.0612. The summed E-state index contributed by atoms with van der Waals surface area (Å²) in [6.07, 6.45) is 7.99. The lowest BCUT2D eigenvalue weighted by molar-refractivity contribution is -0.125. The fourth-order valence-electron chi connectivity index (χ4n) is 1.34. The molecule has 1 amide bonds. The number of nitrogens with zero attached hydrogens (tertiary/aromatic N) is 1. The van der Waals surface area contributed by atoms with Crippen LogP contribution in [0.1, 0.15) is 13.3 Å². The minimum Gasteiger partial charge on any atom is -0.338 e. The lowest BCUT2D eigenvalue weighted by atomic mass is 10.3. The average molecular weight is 180 g/mol. The maximum atomic E-state index is 11.4. The minimum absolute atomic E-state index is 0.0612. The Balaban J connectivity index is 2.40. The first-order chi connectivity index (χ1) is 6.24. The van der Waals surface area contributed by atoms with Crippen molar-refractivity contribution < 1.29 is 4.79 Å². The summed E-state index contributed by atoms with van der Waals surface area (Å²) < 4.78 is 0. The second-order valence-electron chi connectivity index (χ2n) is 3.22. The zero-order valence-corrected chi connectivity index (χ0v) is 7.94. The number of amides is 1. The van der Waals surface area contributed by atoms with Crippen molar-refractivity contribution in [1.29, 1.82) is 0 Å². The van der Waals surface area contributed by atoms with Gasteiger partial charge in [0.1, 0.15) is 0 Å². The molecule has 1 rings (SSSR count). The van der Waals surface area contributed by atoms with E-state index in [-0.39, 0.29) is 11.9 Å². The van der Waals surface area contributed by atoms with E-state index in [0.717, 1.165) is 13.0 Å². The Morgan fingerprint density at radius 1 is 1.54 bits per heavy atom. The fourth-order valence-corrected chi connectivity index (χ4v) is 1.34. The van der Waals surface area contributed by atoms with Crippen LogP contribution in [0, 0.1) is 0 Å². The molecule has 0 saturated carbocycles. The molecule has 3 nitrogen and oxygen atoms in total. The zero-order chi connectivity index (χ0) is 9.68. The van der Waals surface area contributed by atoms with Crippen LogP contribution in [0.2, 0.25) is 0 Å². The van der Waals surface area contributed by atoms with Gasteiger partial charge in [0.25, 0.3) is 0 Å². The van der Waals surface area contributed by atoms with Gasteiger partial charge in [-0.1, -0.05) is 18.2 Å². The molecule has 0 aliphatic carbocycles. The van der Waals surface area contributed by atoms with Gasteiger partial charge in [0.15, 0.2) is 0 Å². The van der Waals surface area contributed by atoms with E-state index in [0.29, 0.717) is 6.54 Å². The van der Waals surface area contributed by atoms with Gasteiger partial charge in [-0.15, -0.1) is 0 Å². The van der Waals surface area contributed by atoms with E-state index in [1.54, 1.807) is 17.1 Å². The van der Waals surface area contributed by atoms with Crippen LogP contribution < -0.4 is 5.73 Å². The van der Waals surface area contributed by atoms with Crippen molar-refractivity contribution in [3.05, 3.63) is 24.3 Å². The summed E-state index contributed by atoms with van der Waals surface area (Å²) in [6, 6.07) is 0.166. The van der Waals surface area contributed by atoms with Crippen LogP contribution in [-0.4, -0.2) is 29.9 Å². The number of likely N-dealkylation sites (tertiary alicyclic amines) is 1. The summed E-state index contributed by atoms with van der Waals surface area (Å²) >= 11 is 0. The fraction of sp³-hybridized carbons (Fsp3) is 0.500. The molecule has 72 valence electrons. The van der Waals surface area contributed by atoms with Gasteiger partial charge in [-0.2, -0.15) is 0 Å². The van der Waals surface area contributed by atoms with Crippen LogP contribution >= 0.6 is 0 Å². The van der Waals surface area contributed by atoms with Crippen LogP contribution in [-0.2, 0) is 4.79 Å². The van der Waals surface area contributed by atoms with E-state index in [1.165, 1.54) is 0 Å². The molecular weight excluding hydrogens is 164 g/mol. The number of allylic oxidation sites excluding steroid dienone is 3. The van der Waals surface area contributed by atoms with Crippen LogP contribution in [0.4, 0.5) is 0 Å². The molecule has 2 N–H and O–H groups in total. The molecule has 1 heterocycles. The Morgan fingerprint density at radius 2 is 2.31 bits per heavy atom. The highest BCUT2D eigenvalue weighted by Gasteiger charge is 2.21. The predicted molar refractivity (Wildman–Crippen MR) is 53.1 cm³/mol. The smallest absolute Gasteiger partial charge is 0.246 e. The van der Waals surface area contributed by atoms with Crippen LogP contribution in [0.3, 0.4) is 0 Å². The minimum atomic E-state index is 0.0612. The predicted octanol–water partition coefficient (Wildman–Crippen LogP) is 0.678. The Kier molecular flexibility index (Phi) is 3.71. The van der Waals surface area contributed by atoms with Gasteiger partial charge in [0.2, 0.25) is 5.91 Å². The monoisotopic (exact) mass is 180 g/mol. The van der Waals surface area contributed by atoms with Gasteiger partial charge in [-0.05, 0) is 13.3 Å². The molecule has 1 aliphatic rings. The molecule has 1 aliphatic heterocycles. The molecule has 0 aromatic carbocycles. The van der Waals surface area contributed by atoms with Gasteiger partial charge >= 0.3 is 0 Å². The van der Waals surface area contributed by atoms with Gasteiger partial charge in [-0.3, -0.25) is 4.79 Å². The van der Waals surface area contributed by atoms with Gasteiger partial charge in [-0.25, -0.2) is 0 Å². The van der Waals surface area contributed by atoms with Crippen molar-refractivity contribution in [3.63, 3.8) is 0 Å². The third kappa shape index (κ3) is 3.03. The normalized spacial score (nSPS) is 23.5. The second kappa shape index (κ2) is 4.82. The first-order valence-corrected chi connectivity index (χ1v) is 4.58. The topological polar surface area (TPSA) is 46.3 Å². The van der Waals surface area contributed by atoms with E-state index in [2.05, 4.69) is 0 Å². The van der Waals surface area contributed by atoms with E-state index in [9.17, 15) is 4.79 Å². The molecular formula is C10H16N2O. The highest BCUT2D eigenvalue weighted by molar-refractivity contribution is 5.88. The number of carbonyl (C=O) groups is 1. The van der Waals surface area contributed by atoms with Crippen LogP contribution in [0.15, 0.2) is 24.3 Å². The summed E-state index contributed by atoms with van der Waals surface area (Å²) in [6.45, 7) is 3.40. The third-order valence-electron chi connectivity index (χ3n) is 2.08. The molecule has 13 heavy (non-hydrogen) atoms. The first-order valence-electron chi connectivity index (χ1n) is 4.58. The quantitative estimate of drug-likeness (QED) is 0.501. The lowest BCUT2D eigenvalue weighted by Crippen LogP contribution is -2.30. The number of hydrogen-bond acceptors (Lipinski definition) is 2. The molecule has 0 radical (unpaired) electrons. The number of rotatable bonds is 2. The lowest BCUT2D eigenvalue weighted by Gasteiger charge is -2.12. The summed E-state index contributed by atoms with van der Waals surface area (Å²) in [4.78, 5) is 13.2. The van der Waals surface area contributed by atoms with E-state index in [1.807, 2.05) is 19.1 Å². The molecule has 1 saturated heterocycles. The van der Waals surface area contributed by atoms with Crippen molar-refractivity contribution in [2.24, 2.45) is 5.73 Å². The maximum Gasteiger partial charge on any atom is 0.246 e. The van der Waals surface area contributed by atoms with Crippen LogP contribution in [0.5, 0.6) is 0 Å². The summed E-state index contributed by atoms with van der Waals surface area (Å²) in [7, 11) is 0. The summed E-state index contributed by atoms with van der Waals surface area (Å²) in [5.41, 5.74) is 5.69. The highest BCUT2D eigenvalue weighted by Crippen LogP contribution is 2.07. The molecule has 1 atom stereocenters. The molecule has 1 fully saturated rings. The molecule has 0 spiro atoms. The second-order valence-corrected chi connectivity index (χ2v) is 3.22. The average Bonchev–Trinajstić information content (AvgIpc) is 2.52. The molecule has 0 unspecified atom stereocenters. The Morgan fingerprint density at radius 3 is 2.85 bits per heavy atom. The van der Waals surface area contributed by atoms with Gasteiger partial charge in [0, 0.05) is 25.2 Å². The Bertz CT molecular complexity index is 233. The highest BCUT2D eigenvalue weighted by atomic mass is 16.2. The number of hydrogen-bond donors (Lipinski definition) is 1. The number of carbonyl (C=O) groups excluding carboxylic acids is 1. The standard InChI is InChI=1S/C10H16N2O/c1-2-3-4-5-10(13)12-7-6-9(11)8-12/h2-5,9H,6-8,11H2,1H3/b3-2+,5-4?/t9-/m0/s1. The van der Waals surface area contributed by atoms with Crippen molar-refractivity contribution in [3.8, 4) is 0 Å². The van der Waals surface area contributed by atoms with Gasteiger partial charge < -0.3 is 10.6 Å². The zero-order valence-electron chi connectivity index (χ0n) is 7.94. The van der Waals surface area contributed by atoms with Gasteiger partial charge in [0.05, 0.1) is 0 Å². The Labute approximate surface area is 78.9 Å². The van der Waals surface area contributed by atoms with E-state index < -0.39 is 0 Å².